The van der Waals surface area contributed by atoms with Gasteiger partial charge in [-0.05, 0) is 17.7 Å². The fraction of sp³-hybridized carbons (Fsp3) is 0.250. The highest BCUT2D eigenvalue weighted by molar-refractivity contribution is 8.13. The Hall–Kier alpha value is -1.31. The van der Waals surface area contributed by atoms with E-state index in [1.54, 1.807) is 0 Å². The van der Waals surface area contributed by atoms with E-state index in [1.807, 2.05) is 0 Å². The Morgan fingerprint density at radius 2 is 2.31 bits per heavy atom. The van der Waals surface area contributed by atoms with Crippen LogP contribution in [0.25, 0.3) is 0 Å². The molecule has 0 aliphatic carbocycles. The van der Waals surface area contributed by atoms with E-state index in [9.17, 15) is 9.18 Å². The van der Waals surface area contributed by atoms with Crippen LogP contribution >= 0.6 is 11.8 Å². The normalized spacial score (nSPS) is 9.44. The van der Waals surface area contributed by atoms with Crippen LogP contribution in [0.2, 0.25) is 0 Å². The molecule has 16 heavy (non-hydrogen) atoms. The summed E-state index contributed by atoms with van der Waals surface area (Å²) in [6.45, 7) is 1.29. The molecular formula is C12H11FO2S. The number of halogens is 1. The van der Waals surface area contributed by atoms with Gasteiger partial charge in [-0.2, -0.15) is 0 Å². The Morgan fingerprint density at radius 1 is 1.56 bits per heavy atom. The van der Waals surface area contributed by atoms with Gasteiger partial charge in [-0.15, -0.1) is 0 Å². The highest BCUT2D eigenvalue weighted by atomic mass is 32.2. The molecule has 1 aromatic rings. The number of aliphatic hydroxyl groups is 1. The molecule has 0 aliphatic heterocycles. The summed E-state index contributed by atoms with van der Waals surface area (Å²) in [5.41, 5.74) is 1.05. The van der Waals surface area contributed by atoms with Crippen LogP contribution in [-0.4, -0.2) is 16.0 Å². The van der Waals surface area contributed by atoms with Gasteiger partial charge in [0.1, 0.15) is 5.82 Å². The van der Waals surface area contributed by atoms with Crippen molar-refractivity contribution < 1.29 is 14.3 Å². The van der Waals surface area contributed by atoms with Crippen LogP contribution in [0, 0.1) is 17.7 Å². The molecule has 0 aromatic heterocycles. The highest BCUT2D eigenvalue weighted by Crippen LogP contribution is 2.10. The average molecular weight is 238 g/mol. The second-order valence-corrected chi connectivity index (χ2v) is 4.19. The lowest BCUT2D eigenvalue weighted by Gasteiger charge is -1.99. The van der Waals surface area contributed by atoms with Crippen molar-refractivity contribution in [3.05, 3.63) is 35.1 Å². The number of hydrogen-bond acceptors (Lipinski definition) is 3. The van der Waals surface area contributed by atoms with Crippen LogP contribution in [0.3, 0.4) is 0 Å². The van der Waals surface area contributed by atoms with E-state index in [0.717, 1.165) is 11.8 Å². The van der Waals surface area contributed by atoms with Crippen molar-refractivity contribution in [1.29, 1.82) is 0 Å². The molecule has 1 aromatic carbocycles. The highest BCUT2D eigenvalue weighted by Gasteiger charge is 2.00. The fourth-order valence-electron chi connectivity index (χ4n) is 1.07. The maximum atomic E-state index is 12.9. The fourth-order valence-corrected chi connectivity index (χ4v) is 1.42. The lowest BCUT2D eigenvalue weighted by Crippen LogP contribution is -1.91. The van der Waals surface area contributed by atoms with Gasteiger partial charge in [0.15, 0.2) is 5.12 Å². The van der Waals surface area contributed by atoms with Crippen molar-refractivity contribution in [2.75, 3.05) is 5.75 Å². The largest absolute Gasteiger partial charge is 0.392 e. The molecule has 0 fully saturated rings. The van der Waals surface area contributed by atoms with Crippen LogP contribution in [0.5, 0.6) is 0 Å². The quantitative estimate of drug-likeness (QED) is 0.800. The molecule has 4 heteroatoms. The summed E-state index contributed by atoms with van der Waals surface area (Å²) < 4.78 is 12.9. The van der Waals surface area contributed by atoms with Crippen LogP contribution in [0.1, 0.15) is 18.1 Å². The Balaban J connectivity index is 2.78. The minimum absolute atomic E-state index is 0.00377. The predicted octanol–water partition coefficient (Wildman–Crippen LogP) is 1.95. The van der Waals surface area contributed by atoms with E-state index in [4.69, 9.17) is 5.11 Å². The van der Waals surface area contributed by atoms with Crippen LogP contribution in [0.4, 0.5) is 4.39 Å². The van der Waals surface area contributed by atoms with Crippen molar-refractivity contribution in [2.24, 2.45) is 0 Å². The van der Waals surface area contributed by atoms with Gasteiger partial charge < -0.3 is 5.11 Å². The SMILES string of the molecule is CC(=O)SCC#Cc1cc(F)ccc1CO. The van der Waals surface area contributed by atoms with Crippen LogP contribution in [-0.2, 0) is 11.4 Å². The number of carbonyl (C=O) groups is 1. The van der Waals surface area contributed by atoms with Crippen molar-refractivity contribution in [3.63, 3.8) is 0 Å². The second-order valence-electron chi connectivity index (χ2n) is 3.04. The topological polar surface area (TPSA) is 37.3 Å². The molecule has 0 heterocycles. The van der Waals surface area contributed by atoms with Crippen LogP contribution < -0.4 is 0 Å². The van der Waals surface area contributed by atoms with Gasteiger partial charge in [0.25, 0.3) is 0 Å². The first kappa shape index (κ1) is 12.8. The summed E-state index contributed by atoms with van der Waals surface area (Å²) in [4.78, 5) is 10.6. The Labute approximate surface area is 97.9 Å². The second kappa shape index (κ2) is 6.31. The molecule has 0 saturated heterocycles. The van der Waals surface area contributed by atoms with Gasteiger partial charge in [-0.25, -0.2) is 4.39 Å². The standard InChI is InChI=1S/C12H11FO2S/c1-9(15)16-6-2-3-10-7-12(13)5-4-11(10)8-14/h4-5,7,14H,6,8H2,1H3. The summed E-state index contributed by atoms with van der Waals surface area (Å²) >= 11 is 1.10. The maximum absolute atomic E-state index is 12.9. The Morgan fingerprint density at radius 3 is 2.94 bits per heavy atom. The molecule has 1 rings (SSSR count). The number of benzene rings is 1. The van der Waals surface area contributed by atoms with Crippen LogP contribution in [0.15, 0.2) is 18.2 Å². The summed E-state index contributed by atoms with van der Waals surface area (Å²) in [7, 11) is 0. The molecule has 0 radical (unpaired) electrons. The number of aliphatic hydroxyl groups excluding tert-OH is 1. The zero-order valence-corrected chi connectivity index (χ0v) is 9.60. The summed E-state index contributed by atoms with van der Waals surface area (Å²) in [5, 5.41) is 9.00. The molecule has 0 unspecified atom stereocenters. The third-order valence-electron chi connectivity index (χ3n) is 1.81. The van der Waals surface area contributed by atoms with E-state index < -0.39 is 0 Å². The number of rotatable bonds is 2. The van der Waals surface area contributed by atoms with Gasteiger partial charge in [0.05, 0.1) is 12.4 Å². The smallest absolute Gasteiger partial charge is 0.186 e. The summed E-state index contributed by atoms with van der Waals surface area (Å²) in [5.74, 6) is 5.47. The Bertz CT molecular complexity index is 446. The lowest BCUT2D eigenvalue weighted by atomic mass is 10.1. The first-order valence-electron chi connectivity index (χ1n) is 4.65. The first-order chi connectivity index (χ1) is 7.63. The molecule has 0 spiro atoms. The van der Waals surface area contributed by atoms with E-state index in [1.165, 1.54) is 25.1 Å². The predicted molar refractivity (Wildman–Crippen MR) is 62.3 cm³/mol. The zero-order valence-electron chi connectivity index (χ0n) is 8.79. The molecule has 0 aliphatic rings. The van der Waals surface area contributed by atoms with E-state index in [2.05, 4.69) is 11.8 Å². The molecule has 0 amide bonds. The summed E-state index contributed by atoms with van der Waals surface area (Å²) in [6.07, 6.45) is 0. The van der Waals surface area contributed by atoms with E-state index in [0.29, 0.717) is 16.9 Å². The lowest BCUT2D eigenvalue weighted by molar-refractivity contribution is -0.109. The number of hydrogen-bond donors (Lipinski definition) is 1. The molecule has 0 atom stereocenters. The molecule has 84 valence electrons. The zero-order chi connectivity index (χ0) is 12.0. The van der Waals surface area contributed by atoms with Gasteiger partial charge in [0.2, 0.25) is 0 Å². The molecule has 0 bridgehead atoms. The molecule has 1 N–H and O–H groups in total. The van der Waals surface area contributed by atoms with Gasteiger partial charge in [0, 0.05) is 12.5 Å². The van der Waals surface area contributed by atoms with E-state index >= 15 is 0 Å². The van der Waals surface area contributed by atoms with Crippen molar-refractivity contribution in [2.45, 2.75) is 13.5 Å². The van der Waals surface area contributed by atoms with Gasteiger partial charge in [-0.1, -0.05) is 29.7 Å². The Kier molecular flexibility index (Phi) is 5.03. The van der Waals surface area contributed by atoms with Crippen molar-refractivity contribution in [3.8, 4) is 11.8 Å². The monoisotopic (exact) mass is 238 g/mol. The first-order valence-corrected chi connectivity index (χ1v) is 5.63. The maximum Gasteiger partial charge on any atom is 0.186 e. The van der Waals surface area contributed by atoms with Gasteiger partial charge in [-0.3, -0.25) is 4.79 Å². The minimum atomic E-state index is -0.388. The third kappa shape index (κ3) is 4.05. The average Bonchev–Trinajstić information content (AvgIpc) is 2.24. The van der Waals surface area contributed by atoms with E-state index in [-0.39, 0.29) is 17.5 Å². The molecule has 0 saturated carbocycles. The third-order valence-corrected chi connectivity index (χ3v) is 2.51. The molecule has 2 nitrogen and oxygen atoms in total. The van der Waals surface area contributed by atoms with Crippen molar-refractivity contribution >= 4 is 16.9 Å². The number of thioether (sulfide) groups is 1. The minimum Gasteiger partial charge on any atom is -0.392 e. The van der Waals surface area contributed by atoms with Crippen molar-refractivity contribution in [1.82, 2.24) is 0 Å². The van der Waals surface area contributed by atoms with Gasteiger partial charge >= 0.3 is 0 Å². The summed E-state index contributed by atoms with van der Waals surface area (Å²) in [6, 6.07) is 4.05. The number of carbonyl (C=O) groups excluding carboxylic acids is 1. The molecular weight excluding hydrogens is 227 g/mol.